The molecular weight excluding hydrogens is 558 g/mol. The minimum absolute atomic E-state index is 0.00954. The van der Waals surface area contributed by atoms with Gasteiger partial charge in [0.15, 0.2) is 24.6 Å². The molecule has 3 aromatic rings. The second-order valence-corrected chi connectivity index (χ2v) is 9.76. The number of benzene rings is 3. The van der Waals surface area contributed by atoms with Crippen molar-refractivity contribution in [2.75, 3.05) is 39.2 Å². The molecule has 0 aliphatic carbocycles. The summed E-state index contributed by atoms with van der Waals surface area (Å²) in [5.74, 6) is -2.31. The van der Waals surface area contributed by atoms with Crippen LogP contribution in [0.1, 0.15) is 34.0 Å². The molecule has 0 saturated carbocycles. The average Bonchev–Trinajstić information content (AvgIpc) is 3.27. The first-order chi connectivity index (χ1) is 20.6. The highest BCUT2D eigenvalue weighted by Gasteiger charge is 2.53. The predicted molar refractivity (Wildman–Crippen MR) is 154 cm³/mol. The summed E-state index contributed by atoms with van der Waals surface area (Å²) in [7, 11) is 2.98. The molecule has 0 spiro atoms. The van der Waals surface area contributed by atoms with Crippen LogP contribution >= 0.6 is 0 Å². The zero-order chi connectivity index (χ0) is 31.1. The number of carbonyl (C=O) groups is 5. The van der Waals surface area contributed by atoms with Gasteiger partial charge in [-0.25, -0.2) is 9.59 Å². The summed E-state index contributed by atoms with van der Waals surface area (Å²) >= 11 is 0. The highest BCUT2D eigenvalue weighted by Crippen LogP contribution is 2.45. The Kier molecular flexibility index (Phi) is 9.41. The lowest BCUT2D eigenvalue weighted by atomic mass is 9.96. The fourth-order valence-electron chi connectivity index (χ4n) is 5.05. The number of esters is 1. The van der Waals surface area contributed by atoms with Crippen LogP contribution < -0.4 is 29.7 Å². The molecule has 1 aliphatic heterocycles. The van der Waals surface area contributed by atoms with Crippen LogP contribution in [0.15, 0.2) is 60.7 Å². The topological polar surface area (TPSA) is 160 Å². The predicted octanol–water partition coefficient (Wildman–Crippen LogP) is 1.96. The molecule has 12 heteroatoms. The van der Waals surface area contributed by atoms with Gasteiger partial charge in [0.05, 0.1) is 26.4 Å². The number of ketones is 1. The first kappa shape index (κ1) is 30.7. The van der Waals surface area contributed by atoms with Gasteiger partial charge in [-0.1, -0.05) is 36.4 Å². The van der Waals surface area contributed by atoms with Crippen LogP contribution in [0.4, 0.5) is 16.2 Å². The first-order valence-electron chi connectivity index (χ1n) is 13.4. The van der Waals surface area contributed by atoms with Crippen LogP contribution in [0, 0.1) is 0 Å². The van der Waals surface area contributed by atoms with Gasteiger partial charge < -0.3 is 29.4 Å². The van der Waals surface area contributed by atoms with Crippen LogP contribution in [-0.4, -0.2) is 63.6 Å². The molecule has 0 fully saturated rings. The van der Waals surface area contributed by atoms with Gasteiger partial charge in [0.2, 0.25) is 0 Å². The lowest BCUT2D eigenvalue weighted by Crippen LogP contribution is -2.60. The third-order valence-electron chi connectivity index (χ3n) is 6.94. The number of ether oxygens (including phenoxy) is 3. The lowest BCUT2D eigenvalue weighted by Gasteiger charge is -2.30. The molecule has 12 nitrogen and oxygen atoms in total. The molecule has 1 aliphatic rings. The Bertz CT molecular complexity index is 1550. The molecule has 0 saturated heterocycles. The number of carbonyl (C=O) groups excluding carboxylic acids is 5. The molecule has 224 valence electrons. The van der Waals surface area contributed by atoms with Gasteiger partial charge in [-0.2, -0.15) is 4.48 Å². The Morgan fingerprint density at radius 3 is 2.21 bits per heavy atom. The molecule has 2 N–H and O–H groups in total. The number of hydrogen-bond acceptors (Lipinski definition) is 9. The largest absolute Gasteiger partial charge is 0.550 e. The fourth-order valence-corrected chi connectivity index (χ4v) is 5.05. The number of methoxy groups -OCH3 is 2. The quantitative estimate of drug-likeness (QED) is 0.173. The SMILES string of the molecule is CCOC(=O)C[N+]1(CC(=O)NCc2cc(OC)cc(OC)c2)C(=O)Nc2c(C(=O)c3ccccc3)ccc(CC(=O)[O-])c21. The molecule has 43 heavy (non-hydrogen) atoms. The van der Waals surface area contributed by atoms with Crippen LogP contribution in [0.3, 0.4) is 0 Å². The number of aliphatic carboxylic acids is 1. The number of fused-ring (bicyclic) bond motifs is 1. The normalized spacial score (nSPS) is 15.2. The standard InChI is InChI=1S/C31H31N3O9/c1-4-43-27(38)18-34(17-25(35)32-16-19-12-22(41-2)15-23(13-19)42-3)29-21(14-26(36)37)10-11-24(28(29)33-31(34)40)30(39)20-8-6-5-7-9-20/h5-13,15H,4,14,16-18H2,1-3H3,(H2-,32,33,35,36,37,39,40). The zero-order valence-corrected chi connectivity index (χ0v) is 23.9. The third kappa shape index (κ3) is 6.65. The van der Waals surface area contributed by atoms with Gasteiger partial charge in [0.1, 0.15) is 17.2 Å². The Morgan fingerprint density at radius 2 is 1.60 bits per heavy atom. The zero-order valence-electron chi connectivity index (χ0n) is 23.9. The van der Waals surface area contributed by atoms with E-state index in [0.29, 0.717) is 22.6 Å². The van der Waals surface area contributed by atoms with E-state index in [9.17, 15) is 29.1 Å². The van der Waals surface area contributed by atoms with Crippen molar-refractivity contribution < 1.29 is 43.3 Å². The van der Waals surface area contributed by atoms with Crippen molar-refractivity contribution in [1.29, 1.82) is 0 Å². The van der Waals surface area contributed by atoms with Crippen LogP contribution in [-0.2, 0) is 32.1 Å². The molecule has 0 radical (unpaired) electrons. The second-order valence-electron chi connectivity index (χ2n) is 9.76. The Labute approximate surface area is 247 Å². The highest BCUT2D eigenvalue weighted by atomic mass is 16.5. The molecule has 1 unspecified atom stereocenters. The van der Waals surface area contributed by atoms with Crippen molar-refractivity contribution in [1.82, 2.24) is 9.80 Å². The summed E-state index contributed by atoms with van der Waals surface area (Å²) in [4.78, 5) is 65.3. The summed E-state index contributed by atoms with van der Waals surface area (Å²) in [5, 5.41) is 17.1. The van der Waals surface area contributed by atoms with Crippen molar-refractivity contribution >= 4 is 41.0 Å². The van der Waals surface area contributed by atoms with E-state index in [1.807, 2.05) is 0 Å². The number of carboxylic acids is 1. The highest BCUT2D eigenvalue weighted by molar-refractivity contribution is 6.21. The minimum atomic E-state index is -1.45. The van der Waals surface area contributed by atoms with Crippen molar-refractivity contribution in [3.8, 4) is 11.5 Å². The third-order valence-corrected chi connectivity index (χ3v) is 6.94. The lowest BCUT2D eigenvalue weighted by molar-refractivity contribution is -0.304. The number of carboxylic acid groups (broad SMARTS) is 1. The molecule has 1 atom stereocenters. The molecular formula is C31H31N3O9. The number of quaternary nitrogens is 1. The number of nitrogens with zero attached hydrogens (tertiary/aromatic N) is 1. The summed E-state index contributed by atoms with van der Waals surface area (Å²) in [6.45, 7) is 0.403. The summed E-state index contributed by atoms with van der Waals surface area (Å²) < 4.78 is 14.7. The van der Waals surface area contributed by atoms with Crippen molar-refractivity contribution in [2.45, 2.75) is 19.9 Å². The number of amides is 3. The molecule has 4 rings (SSSR count). The van der Waals surface area contributed by atoms with Crippen LogP contribution in [0.5, 0.6) is 11.5 Å². The molecule has 3 aromatic carbocycles. The second kappa shape index (κ2) is 13.2. The number of urea groups is 1. The van der Waals surface area contributed by atoms with Crippen molar-refractivity contribution in [2.24, 2.45) is 0 Å². The number of anilines is 1. The van der Waals surface area contributed by atoms with Gasteiger partial charge in [0.25, 0.3) is 5.91 Å². The molecule has 0 aromatic heterocycles. The fraction of sp³-hybridized carbons (Fsp3) is 0.258. The van der Waals surface area contributed by atoms with Crippen molar-refractivity contribution in [3.63, 3.8) is 0 Å². The van der Waals surface area contributed by atoms with E-state index in [4.69, 9.17) is 14.2 Å². The number of rotatable bonds is 13. The van der Waals surface area contributed by atoms with Crippen LogP contribution in [0.2, 0.25) is 0 Å². The Balaban J connectivity index is 1.78. The van der Waals surface area contributed by atoms with E-state index >= 15 is 0 Å². The maximum Gasteiger partial charge on any atom is 0.427 e. The Morgan fingerprint density at radius 1 is 0.930 bits per heavy atom. The van der Waals surface area contributed by atoms with Gasteiger partial charge in [-0.3, -0.25) is 14.9 Å². The van der Waals surface area contributed by atoms with E-state index in [1.165, 1.54) is 26.4 Å². The van der Waals surface area contributed by atoms with E-state index in [0.717, 1.165) is 0 Å². The Hall–Kier alpha value is -5.23. The van der Waals surface area contributed by atoms with Gasteiger partial charge in [-0.15, -0.1) is 0 Å². The van der Waals surface area contributed by atoms with Crippen molar-refractivity contribution in [3.05, 3.63) is 82.9 Å². The van der Waals surface area contributed by atoms with Crippen LogP contribution in [0.25, 0.3) is 0 Å². The van der Waals surface area contributed by atoms with Gasteiger partial charge in [0, 0.05) is 36.1 Å². The van der Waals surface area contributed by atoms with E-state index in [-0.39, 0.29) is 35.7 Å². The first-order valence-corrected chi connectivity index (χ1v) is 13.4. The smallest absolute Gasteiger partial charge is 0.427 e. The van der Waals surface area contributed by atoms with E-state index in [1.54, 1.807) is 55.5 Å². The van der Waals surface area contributed by atoms with E-state index in [2.05, 4.69) is 10.6 Å². The summed E-state index contributed by atoms with van der Waals surface area (Å²) in [6.07, 6.45) is -0.634. The van der Waals surface area contributed by atoms with E-state index < -0.39 is 53.7 Å². The van der Waals surface area contributed by atoms with Gasteiger partial charge in [-0.05, 0) is 30.7 Å². The monoisotopic (exact) mass is 589 g/mol. The maximum absolute atomic E-state index is 13.8. The number of hydrogen-bond donors (Lipinski definition) is 2. The minimum Gasteiger partial charge on any atom is -0.550 e. The average molecular weight is 590 g/mol. The molecule has 3 amide bonds. The molecule has 0 bridgehead atoms. The maximum atomic E-state index is 13.8. The summed E-state index contributed by atoms with van der Waals surface area (Å²) in [5.41, 5.74) is 1.18. The molecule has 1 heterocycles. The van der Waals surface area contributed by atoms with Gasteiger partial charge >= 0.3 is 12.0 Å². The number of nitrogens with one attached hydrogen (secondary N) is 2. The summed E-state index contributed by atoms with van der Waals surface area (Å²) in [6, 6.07) is 15.4.